The number of nitrogens with zero attached hydrogens (tertiary/aromatic N) is 2. The lowest BCUT2D eigenvalue weighted by Gasteiger charge is -2.06. The van der Waals surface area contributed by atoms with Crippen molar-refractivity contribution in [2.75, 3.05) is 0 Å². The van der Waals surface area contributed by atoms with Crippen LogP contribution in [0.5, 0.6) is 5.75 Å². The molecule has 1 N–H and O–H groups in total. The molecule has 0 aliphatic carbocycles. The summed E-state index contributed by atoms with van der Waals surface area (Å²) in [5, 5.41) is 9.20. The first kappa shape index (κ1) is 10.2. The lowest BCUT2D eigenvalue weighted by Crippen LogP contribution is -1.96. The fourth-order valence-electron chi connectivity index (χ4n) is 1.52. The van der Waals surface area contributed by atoms with Gasteiger partial charge in [0.1, 0.15) is 5.75 Å². The van der Waals surface area contributed by atoms with Gasteiger partial charge >= 0.3 is 0 Å². The number of phenolic OH excluding ortho intramolecular Hbond substituents is 1. The van der Waals surface area contributed by atoms with Gasteiger partial charge in [0, 0.05) is 12.1 Å². The number of benzene rings is 1. The molecule has 0 radical (unpaired) electrons. The van der Waals surface area contributed by atoms with E-state index in [1.807, 2.05) is 18.3 Å². The van der Waals surface area contributed by atoms with E-state index in [-0.39, 0.29) is 5.75 Å². The van der Waals surface area contributed by atoms with E-state index in [2.05, 4.69) is 32.4 Å². The van der Waals surface area contributed by atoms with Crippen LogP contribution in [0, 0.1) is 0 Å². The Hall–Kier alpha value is -1.29. The topological polar surface area (TPSA) is 38.0 Å². The zero-order valence-electron chi connectivity index (χ0n) is 8.31. The first-order valence-corrected chi connectivity index (χ1v) is 5.52. The maximum atomic E-state index is 9.20. The van der Waals surface area contributed by atoms with Gasteiger partial charge in [-0.3, -0.25) is 0 Å². The van der Waals surface area contributed by atoms with Crippen molar-refractivity contribution in [2.45, 2.75) is 13.5 Å². The molecule has 0 unspecified atom stereocenters. The zero-order valence-corrected chi connectivity index (χ0v) is 9.90. The number of hydrogen-bond acceptors (Lipinski definition) is 2. The summed E-state index contributed by atoms with van der Waals surface area (Å²) in [6, 6.07) is 7.11. The van der Waals surface area contributed by atoms with Gasteiger partial charge in [-0.15, -0.1) is 0 Å². The summed E-state index contributed by atoms with van der Waals surface area (Å²) in [5.41, 5.74) is 2.09. The number of phenols is 1. The van der Waals surface area contributed by atoms with Crippen LogP contribution in [-0.2, 0) is 6.54 Å². The standard InChI is InChI=1S/C11H11BrN2O/c1-2-14-10(7-13-11(14)12)8-3-5-9(15)6-4-8/h3-7,15H,2H2,1H3. The average Bonchev–Trinajstić information content (AvgIpc) is 2.61. The van der Waals surface area contributed by atoms with Crippen LogP contribution in [0.1, 0.15) is 6.92 Å². The Morgan fingerprint density at radius 2 is 2.00 bits per heavy atom. The minimum atomic E-state index is 0.278. The lowest BCUT2D eigenvalue weighted by atomic mass is 10.1. The van der Waals surface area contributed by atoms with Crippen molar-refractivity contribution >= 4 is 15.9 Å². The van der Waals surface area contributed by atoms with Crippen LogP contribution in [-0.4, -0.2) is 14.7 Å². The second kappa shape index (κ2) is 4.06. The Morgan fingerprint density at radius 1 is 1.33 bits per heavy atom. The number of aromatic hydroxyl groups is 1. The third kappa shape index (κ3) is 1.90. The van der Waals surface area contributed by atoms with Crippen molar-refractivity contribution in [2.24, 2.45) is 0 Å². The lowest BCUT2D eigenvalue weighted by molar-refractivity contribution is 0.475. The van der Waals surface area contributed by atoms with E-state index in [9.17, 15) is 5.11 Å². The van der Waals surface area contributed by atoms with Crippen molar-refractivity contribution < 1.29 is 5.11 Å². The monoisotopic (exact) mass is 266 g/mol. The number of imidazole rings is 1. The molecule has 1 aromatic carbocycles. The maximum Gasteiger partial charge on any atom is 0.177 e. The molecule has 1 aromatic heterocycles. The van der Waals surface area contributed by atoms with Gasteiger partial charge in [-0.05, 0) is 47.1 Å². The molecule has 0 bridgehead atoms. The molecule has 1 heterocycles. The quantitative estimate of drug-likeness (QED) is 0.908. The van der Waals surface area contributed by atoms with Gasteiger partial charge in [-0.25, -0.2) is 4.98 Å². The molecule has 2 rings (SSSR count). The normalized spacial score (nSPS) is 10.5. The van der Waals surface area contributed by atoms with Crippen molar-refractivity contribution in [3.05, 3.63) is 35.2 Å². The van der Waals surface area contributed by atoms with E-state index in [1.54, 1.807) is 12.1 Å². The van der Waals surface area contributed by atoms with E-state index >= 15 is 0 Å². The van der Waals surface area contributed by atoms with Gasteiger partial charge in [0.05, 0.1) is 11.9 Å². The van der Waals surface area contributed by atoms with Gasteiger partial charge in [-0.1, -0.05) is 0 Å². The van der Waals surface area contributed by atoms with E-state index in [0.717, 1.165) is 22.5 Å². The van der Waals surface area contributed by atoms with Crippen LogP contribution < -0.4 is 0 Å². The van der Waals surface area contributed by atoms with Crippen LogP contribution in [0.2, 0.25) is 0 Å². The largest absolute Gasteiger partial charge is 0.508 e. The first-order valence-electron chi connectivity index (χ1n) is 4.72. The third-order valence-corrected chi connectivity index (χ3v) is 2.92. The van der Waals surface area contributed by atoms with Crippen molar-refractivity contribution in [3.63, 3.8) is 0 Å². The van der Waals surface area contributed by atoms with Gasteiger partial charge in [-0.2, -0.15) is 0 Å². The second-order valence-electron chi connectivity index (χ2n) is 3.20. The highest BCUT2D eigenvalue weighted by atomic mass is 79.9. The molecule has 0 amide bonds. The van der Waals surface area contributed by atoms with Crippen LogP contribution in [0.25, 0.3) is 11.3 Å². The summed E-state index contributed by atoms with van der Waals surface area (Å²) in [7, 11) is 0. The van der Waals surface area contributed by atoms with Gasteiger partial charge in [0.2, 0.25) is 0 Å². The van der Waals surface area contributed by atoms with Crippen molar-refractivity contribution in [1.82, 2.24) is 9.55 Å². The van der Waals surface area contributed by atoms with E-state index < -0.39 is 0 Å². The Bertz CT molecular complexity index is 462. The Morgan fingerprint density at radius 3 is 2.60 bits per heavy atom. The Balaban J connectivity index is 2.49. The molecule has 0 saturated carbocycles. The molecule has 0 spiro atoms. The third-order valence-electron chi connectivity index (χ3n) is 2.29. The van der Waals surface area contributed by atoms with Crippen molar-refractivity contribution in [3.8, 4) is 17.0 Å². The highest BCUT2D eigenvalue weighted by Crippen LogP contribution is 2.24. The molecule has 2 aromatic rings. The predicted octanol–water partition coefficient (Wildman–Crippen LogP) is 3.04. The van der Waals surface area contributed by atoms with Crippen LogP contribution in [0.3, 0.4) is 0 Å². The fourth-order valence-corrected chi connectivity index (χ4v) is 2.06. The Kier molecular flexibility index (Phi) is 2.77. The van der Waals surface area contributed by atoms with Crippen molar-refractivity contribution in [1.29, 1.82) is 0 Å². The molecule has 3 nitrogen and oxygen atoms in total. The molecular weight excluding hydrogens is 256 g/mol. The summed E-state index contributed by atoms with van der Waals surface area (Å²) in [4.78, 5) is 4.20. The zero-order chi connectivity index (χ0) is 10.8. The maximum absolute atomic E-state index is 9.20. The molecule has 0 fully saturated rings. The van der Waals surface area contributed by atoms with E-state index in [4.69, 9.17) is 0 Å². The molecular formula is C11H11BrN2O. The van der Waals surface area contributed by atoms with Gasteiger partial charge < -0.3 is 9.67 Å². The van der Waals surface area contributed by atoms with Crippen LogP contribution in [0.4, 0.5) is 0 Å². The molecule has 0 aliphatic rings. The van der Waals surface area contributed by atoms with Gasteiger partial charge in [0.15, 0.2) is 4.73 Å². The van der Waals surface area contributed by atoms with Crippen LogP contribution >= 0.6 is 15.9 Å². The summed E-state index contributed by atoms with van der Waals surface area (Å²) >= 11 is 3.39. The fraction of sp³-hybridized carbons (Fsp3) is 0.182. The molecule has 0 saturated heterocycles. The SMILES string of the molecule is CCn1c(-c2ccc(O)cc2)cnc1Br. The predicted molar refractivity (Wildman–Crippen MR) is 62.7 cm³/mol. The molecule has 78 valence electrons. The number of halogens is 1. The number of aromatic nitrogens is 2. The highest BCUT2D eigenvalue weighted by molar-refractivity contribution is 9.10. The molecule has 4 heteroatoms. The first-order chi connectivity index (χ1) is 7.22. The van der Waals surface area contributed by atoms with Gasteiger partial charge in [0.25, 0.3) is 0 Å². The summed E-state index contributed by atoms with van der Waals surface area (Å²) in [6.07, 6.45) is 1.82. The molecule has 15 heavy (non-hydrogen) atoms. The second-order valence-corrected chi connectivity index (χ2v) is 3.91. The minimum Gasteiger partial charge on any atom is -0.508 e. The smallest absolute Gasteiger partial charge is 0.177 e. The van der Waals surface area contributed by atoms with E-state index in [1.165, 1.54) is 0 Å². The molecule has 0 atom stereocenters. The summed E-state index contributed by atoms with van der Waals surface area (Å²) < 4.78 is 2.89. The number of hydrogen-bond donors (Lipinski definition) is 1. The number of rotatable bonds is 2. The highest BCUT2D eigenvalue weighted by Gasteiger charge is 2.07. The van der Waals surface area contributed by atoms with Crippen LogP contribution in [0.15, 0.2) is 35.2 Å². The van der Waals surface area contributed by atoms with E-state index in [0.29, 0.717) is 0 Å². The summed E-state index contributed by atoms with van der Waals surface area (Å²) in [6.45, 7) is 2.92. The minimum absolute atomic E-state index is 0.278. The summed E-state index contributed by atoms with van der Waals surface area (Å²) in [5.74, 6) is 0.278. The Labute approximate surface area is 96.5 Å². The average molecular weight is 267 g/mol. The molecule has 0 aliphatic heterocycles.